The number of anilines is 2. The summed E-state index contributed by atoms with van der Waals surface area (Å²) in [7, 11) is 2.80. The third-order valence-corrected chi connectivity index (χ3v) is 6.71. The summed E-state index contributed by atoms with van der Waals surface area (Å²) in [5, 5.41) is 10.1. The Kier molecular flexibility index (Phi) is 6.71. The first kappa shape index (κ1) is 23.3. The molecule has 2 aliphatic heterocycles. The van der Waals surface area contributed by atoms with Crippen molar-refractivity contribution in [2.45, 2.75) is 38.3 Å². The van der Waals surface area contributed by atoms with Gasteiger partial charge in [-0.1, -0.05) is 24.6 Å². The Morgan fingerprint density at radius 3 is 2.79 bits per heavy atom. The molecule has 4 rings (SSSR count). The van der Waals surface area contributed by atoms with E-state index in [-0.39, 0.29) is 19.2 Å². The molecule has 1 aromatic carbocycles. The fraction of sp³-hybridized carbons (Fsp3) is 0.478. The number of hydrogen-bond acceptors (Lipinski definition) is 8. The molecule has 3 heterocycles. The predicted octanol–water partition coefficient (Wildman–Crippen LogP) is 2.54. The summed E-state index contributed by atoms with van der Waals surface area (Å²) in [6, 6.07) is 5.21. The van der Waals surface area contributed by atoms with Crippen molar-refractivity contribution in [2.75, 3.05) is 37.2 Å². The number of aliphatic hydroxyl groups is 1. The molecule has 3 atom stereocenters. The highest BCUT2D eigenvalue weighted by Gasteiger charge is 2.45. The summed E-state index contributed by atoms with van der Waals surface area (Å²) in [6.45, 7) is 2.70. The van der Waals surface area contributed by atoms with E-state index < -0.39 is 23.7 Å². The fourth-order valence-electron chi connectivity index (χ4n) is 4.58. The van der Waals surface area contributed by atoms with Crippen LogP contribution in [0, 0.1) is 5.92 Å². The van der Waals surface area contributed by atoms with Crippen LogP contribution >= 0.6 is 11.6 Å². The van der Waals surface area contributed by atoms with Crippen LogP contribution in [0.5, 0.6) is 5.75 Å². The van der Waals surface area contributed by atoms with Crippen molar-refractivity contribution in [3.63, 3.8) is 0 Å². The lowest BCUT2D eigenvalue weighted by Gasteiger charge is -2.36. The maximum Gasteiger partial charge on any atom is 0.318 e. The number of fused-ring (bicyclic) bond motifs is 1. The van der Waals surface area contributed by atoms with Gasteiger partial charge in [0.15, 0.2) is 0 Å². The number of carbonyl (C=O) groups excluding carboxylic acids is 2. The van der Waals surface area contributed by atoms with Crippen molar-refractivity contribution in [3.8, 4) is 5.75 Å². The van der Waals surface area contributed by atoms with Gasteiger partial charge in [-0.2, -0.15) is 4.98 Å². The van der Waals surface area contributed by atoms with E-state index in [1.807, 2.05) is 11.0 Å². The van der Waals surface area contributed by atoms with Crippen LogP contribution in [0.2, 0.25) is 5.02 Å². The van der Waals surface area contributed by atoms with Gasteiger partial charge in [0.1, 0.15) is 17.5 Å². The molecule has 0 bridgehead atoms. The van der Waals surface area contributed by atoms with E-state index in [2.05, 4.69) is 4.98 Å². The molecule has 1 N–H and O–H groups in total. The number of methoxy groups -OCH3 is 2. The molecule has 1 saturated heterocycles. The molecule has 1 amide bonds. The Labute approximate surface area is 197 Å². The van der Waals surface area contributed by atoms with Gasteiger partial charge >= 0.3 is 5.97 Å². The van der Waals surface area contributed by atoms with Crippen LogP contribution in [0.3, 0.4) is 0 Å². The number of amides is 1. The van der Waals surface area contributed by atoms with Gasteiger partial charge in [-0.05, 0) is 30.5 Å². The molecule has 2 aliphatic rings. The average molecular weight is 475 g/mol. The quantitative estimate of drug-likeness (QED) is 0.503. The van der Waals surface area contributed by atoms with Crippen LogP contribution in [0.4, 0.5) is 11.8 Å². The zero-order chi connectivity index (χ0) is 23.7. The second kappa shape index (κ2) is 9.52. The highest BCUT2D eigenvalue weighted by Crippen LogP contribution is 2.40. The highest BCUT2D eigenvalue weighted by molar-refractivity contribution is 6.32. The highest BCUT2D eigenvalue weighted by atomic mass is 35.5. The number of aliphatic hydroxyl groups excluding tert-OH is 1. The molecule has 10 heteroatoms. The van der Waals surface area contributed by atoms with Gasteiger partial charge in [-0.25, -0.2) is 4.98 Å². The van der Waals surface area contributed by atoms with Crippen molar-refractivity contribution < 1.29 is 24.2 Å². The zero-order valence-electron chi connectivity index (χ0n) is 18.8. The first-order chi connectivity index (χ1) is 15.9. The van der Waals surface area contributed by atoms with Crippen LogP contribution in [0.15, 0.2) is 24.4 Å². The van der Waals surface area contributed by atoms with E-state index in [1.165, 1.54) is 19.1 Å². The predicted molar refractivity (Wildman–Crippen MR) is 123 cm³/mol. The van der Waals surface area contributed by atoms with Crippen molar-refractivity contribution in [2.24, 2.45) is 5.92 Å². The molecule has 0 aliphatic carbocycles. The molecule has 9 nitrogen and oxygen atoms in total. The minimum Gasteiger partial charge on any atom is -0.495 e. The van der Waals surface area contributed by atoms with Crippen LogP contribution in [0.1, 0.15) is 36.8 Å². The topological polar surface area (TPSA) is 105 Å². The van der Waals surface area contributed by atoms with E-state index >= 15 is 0 Å². The normalized spacial score (nSPS) is 22.3. The van der Waals surface area contributed by atoms with Gasteiger partial charge in [0.05, 0.1) is 38.4 Å². The van der Waals surface area contributed by atoms with Crippen molar-refractivity contribution in [1.29, 1.82) is 0 Å². The average Bonchev–Trinajstić information content (AvgIpc) is 3.30. The SMILES string of the molecule is COC(=O)C1C(=O)N(Cc2ccc(OC)c(Cl)c2)c2nc(N3CCCC3CO)ncc2[C@H]1C. The maximum atomic E-state index is 13.5. The monoisotopic (exact) mass is 474 g/mol. The summed E-state index contributed by atoms with van der Waals surface area (Å²) in [6.07, 6.45) is 3.45. The summed E-state index contributed by atoms with van der Waals surface area (Å²) < 4.78 is 10.1. The third-order valence-electron chi connectivity index (χ3n) is 6.42. The van der Waals surface area contributed by atoms with E-state index in [0.717, 1.165) is 24.9 Å². The molecule has 176 valence electrons. The Bertz CT molecular complexity index is 1070. The largest absolute Gasteiger partial charge is 0.495 e. The number of halogens is 1. The third kappa shape index (κ3) is 4.22. The van der Waals surface area contributed by atoms with E-state index in [0.29, 0.717) is 28.1 Å². The number of benzene rings is 1. The van der Waals surface area contributed by atoms with Gasteiger partial charge < -0.3 is 19.5 Å². The smallest absolute Gasteiger partial charge is 0.318 e. The Morgan fingerprint density at radius 2 is 2.12 bits per heavy atom. The maximum absolute atomic E-state index is 13.5. The van der Waals surface area contributed by atoms with Crippen molar-refractivity contribution in [1.82, 2.24) is 9.97 Å². The summed E-state index contributed by atoms with van der Waals surface area (Å²) in [4.78, 5) is 38.7. The van der Waals surface area contributed by atoms with Crippen LogP contribution < -0.4 is 14.5 Å². The molecular weight excluding hydrogens is 448 g/mol. The number of hydrogen-bond donors (Lipinski definition) is 1. The van der Waals surface area contributed by atoms with E-state index in [4.69, 9.17) is 26.1 Å². The van der Waals surface area contributed by atoms with Gasteiger partial charge in [0, 0.05) is 24.2 Å². The number of nitrogens with zero attached hydrogens (tertiary/aromatic N) is 4. The lowest BCUT2D eigenvalue weighted by molar-refractivity contribution is -0.150. The van der Waals surface area contributed by atoms with Crippen molar-refractivity contribution in [3.05, 3.63) is 40.5 Å². The number of esters is 1. The first-order valence-corrected chi connectivity index (χ1v) is 11.2. The minimum absolute atomic E-state index is 0.00819. The Balaban J connectivity index is 1.77. The van der Waals surface area contributed by atoms with Gasteiger partial charge in [-0.15, -0.1) is 0 Å². The number of carbonyl (C=O) groups is 2. The van der Waals surface area contributed by atoms with Crippen molar-refractivity contribution >= 4 is 35.2 Å². The molecular formula is C23H27ClN4O5. The molecule has 0 radical (unpaired) electrons. The summed E-state index contributed by atoms with van der Waals surface area (Å²) in [5.74, 6) is -0.994. The molecule has 1 aromatic heterocycles. The summed E-state index contributed by atoms with van der Waals surface area (Å²) in [5.41, 5.74) is 1.45. The summed E-state index contributed by atoms with van der Waals surface area (Å²) >= 11 is 6.29. The molecule has 0 spiro atoms. The number of rotatable bonds is 6. The van der Waals surface area contributed by atoms with Gasteiger partial charge in [0.2, 0.25) is 11.9 Å². The molecule has 0 saturated carbocycles. The second-order valence-electron chi connectivity index (χ2n) is 8.30. The molecule has 1 fully saturated rings. The number of aromatic nitrogens is 2. The lowest BCUT2D eigenvalue weighted by atomic mass is 9.83. The molecule has 2 unspecified atom stereocenters. The van der Waals surface area contributed by atoms with Crippen LogP contribution in [-0.2, 0) is 20.9 Å². The molecule has 2 aromatic rings. The zero-order valence-corrected chi connectivity index (χ0v) is 19.6. The Morgan fingerprint density at radius 1 is 1.33 bits per heavy atom. The number of ether oxygens (including phenoxy) is 2. The standard InChI is InChI=1S/C23H27ClN4O5/c1-13-16-10-25-23(27-8-4-5-15(27)12-29)26-20(16)28(21(30)19(13)22(31)33-3)11-14-6-7-18(32-2)17(24)9-14/h6-7,9-10,13,15,19,29H,4-5,8,11-12H2,1-3H3/t13-,15?,19?/m1/s1. The minimum atomic E-state index is -0.998. The lowest BCUT2D eigenvalue weighted by Crippen LogP contribution is -2.47. The second-order valence-corrected chi connectivity index (χ2v) is 8.71. The van der Waals surface area contributed by atoms with Crippen LogP contribution in [0.25, 0.3) is 0 Å². The fourth-order valence-corrected chi connectivity index (χ4v) is 4.86. The van der Waals surface area contributed by atoms with E-state index in [1.54, 1.807) is 25.3 Å². The Hall–Kier alpha value is -2.91. The van der Waals surface area contributed by atoms with E-state index in [9.17, 15) is 14.7 Å². The van der Waals surface area contributed by atoms with Gasteiger partial charge in [0.25, 0.3) is 0 Å². The molecule has 33 heavy (non-hydrogen) atoms. The van der Waals surface area contributed by atoms with Crippen LogP contribution in [-0.4, -0.2) is 60.4 Å². The first-order valence-electron chi connectivity index (χ1n) is 10.9. The van der Waals surface area contributed by atoms with Gasteiger partial charge in [-0.3, -0.25) is 14.5 Å².